The minimum atomic E-state index is -3.81. The molecular formula is C10H28O6P2S2Zn. The van der Waals surface area contributed by atoms with Crippen LogP contribution in [0.5, 0.6) is 0 Å². The van der Waals surface area contributed by atoms with Crippen molar-refractivity contribution in [3.63, 3.8) is 0 Å². The topological polar surface area (TPSA) is 121 Å². The Hall–Kier alpha value is 1.68. The third kappa shape index (κ3) is 111. The van der Waals surface area contributed by atoms with Gasteiger partial charge in [0.15, 0.2) is 0 Å². The monoisotopic (exact) mass is 434 g/mol. The van der Waals surface area contributed by atoms with Crippen molar-refractivity contribution < 1.29 is 48.8 Å². The third-order valence-electron chi connectivity index (χ3n) is 1.96. The smallest absolute Gasteiger partial charge is 0.319 e. The van der Waals surface area contributed by atoms with Crippen molar-refractivity contribution in [2.24, 2.45) is 0 Å². The minimum absolute atomic E-state index is 0. The van der Waals surface area contributed by atoms with E-state index < -0.39 is 13.4 Å². The zero-order valence-corrected chi connectivity index (χ0v) is 19.1. The maximum absolute atomic E-state index is 7.56. The Kier molecular flexibility index (Phi) is 28.7. The average molecular weight is 436 g/mol. The number of unbranched alkanes of at least 4 members (excludes halogenated alkanes) is 7. The van der Waals surface area contributed by atoms with Gasteiger partial charge in [-0.1, -0.05) is 65.2 Å². The van der Waals surface area contributed by atoms with Crippen LogP contribution in [0.15, 0.2) is 0 Å². The van der Waals surface area contributed by atoms with Gasteiger partial charge < -0.3 is 29.4 Å². The van der Waals surface area contributed by atoms with Gasteiger partial charge in [-0.15, -0.1) is 0 Å². The second kappa shape index (κ2) is 19.7. The van der Waals surface area contributed by atoms with Gasteiger partial charge in [-0.3, -0.25) is 0 Å². The maximum Gasteiger partial charge on any atom is 0.319 e. The van der Waals surface area contributed by atoms with Crippen LogP contribution in [-0.2, 0) is 43.1 Å². The summed E-state index contributed by atoms with van der Waals surface area (Å²) in [6.07, 6.45) is 11.5. The zero-order valence-electron chi connectivity index (χ0n) is 12.8. The van der Waals surface area contributed by atoms with Crippen LogP contribution in [0, 0.1) is 0 Å². The molecule has 0 spiro atoms. The number of hydrogen-bond donors (Lipinski definition) is 6. The van der Waals surface area contributed by atoms with E-state index in [0.717, 1.165) is 0 Å². The molecule has 0 aromatic heterocycles. The van der Waals surface area contributed by atoms with Gasteiger partial charge in [0.25, 0.3) is 0 Å². The summed E-state index contributed by atoms with van der Waals surface area (Å²) in [5.74, 6) is 0. The van der Waals surface area contributed by atoms with Crippen molar-refractivity contribution in [3.8, 4) is 0 Å². The standard InChI is InChI=1S/C10H22.2H3O3PS.Zn/c1-3-5-7-9-10-8-6-4-2;2*1-4(2,3)5;/h3-10H2,1-2H3;2*(H3,1,2,3,5);. The van der Waals surface area contributed by atoms with Crippen LogP contribution in [0.4, 0.5) is 0 Å². The molecule has 128 valence electrons. The van der Waals surface area contributed by atoms with Gasteiger partial charge >= 0.3 is 13.4 Å². The fourth-order valence-electron chi connectivity index (χ4n) is 1.21. The van der Waals surface area contributed by atoms with Crippen molar-refractivity contribution in [1.82, 2.24) is 0 Å². The van der Waals surface area contributed by atoms with E-state index in [1.807, 2.05) is 0 Å². The maximum atomic E-state index is 7.56. The van der Waals surface area contributed by atoms with Crippen LogP contribution in [0.25, 0.3) is 0 Å². The molecular weight excluding hydrogens is 408 g/mol. The fourth-order valence-corrected chi connectivity index (χ4v) is 1.21. The van der Waals surface area contributed by atoms with Crippen molar-refractivity contribution in [2.75, 3.05) is 0 Å². The van der Waals surface area contributed by atoms with E-state index in [0.29, 0.717) is 0 Å². The van der Waals surface area contributed by atoms with Gasteiger partial charge in [0.1, 0.15) is 0 Å². The van der Waals surface area contributed by atoms with Gasteiger partial charge in [-0.25, -0.2) is 0 Å². The van der Waals surface area contributed by atoms with E-state index in [1.165, 1.54) is 51.4 Å². The van der Waals surface area contributed by atoms with E-state index in [2.05, 4.69) is 37.5 Å². The first-order chi connectivity index (χ1) is 8.91. The first kappa shape index (κ1) is 30.6. The molecule has 0 rings (SSSR count). The fraction of sp³-hybridized carbons (Fsp3) is 1.00. The normalized spacial score (nSPS) is 10.5. The van der Waals surface area contributed by atoms with Gasteiger partial charge in [0.2, 0.25) is 0 Å². The summed E-state index contributed by atoms with van der Waals surface area (Å²) in [6.45, 7) is -3.07. The first-order valence-electron chi connectivity index (χ1n) is 6.48. The van der Waals surface area contributed by atoms with Gasteiger partial charge in [0, 0.05) is 19.5 Å². The summed E-state index contributed by atoms with van der Waals surface area (Å²) in [7, 11) is 0. The summed E-state index contributed by atoms with van der Waals surface area (Å²) in [4.78, 5) is 45.3. The van der Waals surface area contributed by atoms with Crippen LogP contribution < -0.4 is 0 Å². The second-order valence-electron chi connectivity index (χ2n) is 4.15. The van der Waals surface area contributed by atoms with Gasteiger partial charge in [-0.05, 0) is 23.6 Å². The molecule has 0 bridgehead atoms. The van der Waals surface area contributed by atoms with Crippen molar-refractivity contribution in [2.45, 2.75) is 65.2 Å². The summed E-state index contributed by atoms with van der Waals surface area (Å²) < 4.78 is 0. The Morgan fingerprint density at radius 2 is 0.714 bits per heavy atom. The molecule has 0 radical (unpaired) electrons. The summed E-state index contributed by atoms with van der Waals surface area (Å²) in [5, 5.41) is 0. The predicted molar refractivity (Wildman–Crippen MR) is 90.2 cm³/mol. The largest absolute Gasteiger partial charge is 0.325 e. The molecule has 0 amide bonds. The van der Waals surface area contributed by atoms with E-state index in [9.17, 15) is 0 Å². The molecule has 6 nitrogen and oxygen atoms in total. The Morgan fingerprint density at radius 3 is 0.857 bits per heavy atom. The van der Waals surface area contributed by atoms with E-state index >= 15 is 0 Å². The Morgan fingerprint density at radius 1 is 0.571 bits per heavy atom. The first-order valence-corrected chi connectivity index (χ1v) is 11.8. The Labute approximate surface area is 150 Å². The molecule has 11 heteroatoms. The quantitative estimate of drug-likeness (QED) is 0.205. The molecule has 0 saturated carbocycles. The van der Waals surface area contributed by atoms with Crippen molar-refractivity contribution in [3.05, 3.63) is 0 Å². The van der Waals surface area contributed by atoms with Crippen LogP contribution >= 0.6 is 13.4 Å². The molecule has 0 fully saturated rings. The minimum Gasteiger partial charge on any atom is -0.325 e. The molecule has 0 saturated heterocycles. The molecule has 0 aromatic rings. The molecule has 0 aliphatic rings. The van der Waals surface area contributed by atoms with Crippen molar-refractivity contribution in [1.29, 1.82) is 0 Å². The molecule has 0 aliphatic carbocycles. The molecule has 0 aromatic carbocycles. The molecule has 6 N–H and O–H groups in total. The number of hydrogen-bond acceptors (Lipinski definition) is 2. The SMILES string of the molecule is CCCCCCCCCC.OP(O)(O)=S.OP(O)(O)=S.[Zn]. The number of rotatable bonds is 7. The van der Waals surface area contributed by atoms with E-state index in [1.54, 1.807) is 0 Å². The van der Waals surface area contributed by atoms with Crippen LogP contribution in [-0.4, -0.2) is 29.4 Å². The van der Waals surface area contributed by atoms with E-state index in [4.69, 9.17) is 29.4 Å². The Bertz CT molecular complexity index is 240. The van der Waals surface area contributed by atoms with Crippen LogP contribution in [0.3, 0.4) is 0 Å². The summed E-state index contributed by atoms with van der Waals surface area (Å²) >= 11 is 7.21. The second-order valence-corrected chi connectivity index (χ2v) is 9.14. The summed E-state index contributed by atoms with van der Waals surface area (Å²) in [5.41, 5.74) is 0. The van der Waals surface area contributed by atoms with E-state index in [-0.39, 0.29) is 19.5 Å². The van der Waals surface area contributed by atoms with Gasteiger partial charge in [0.05, 0.1) is 0 Å². The molecule has 0 unspecified atom stereocenters. The van der Waals surface area contributed by atoms with Crippen LogP contribution in [0.1, 0.15) is 65.2 Å². The zero-order chi connectivity index (χ0) is 16.7. The predicted octanol–water partition coefficient (Wildman–Crippen LogP) is 2.52. The summed E-state index contributed by atoms with van der Waals surface area (Å²) in [6, 6.07) is 0. The van der Waals surface area contributed by atoms with Crippen molar-refractivity contribution >= 4 is 37.1 Å². The third-order valence-corrected chi connectivity index (χ3v) is 1.96. The molecule has 0 heterocycles. The van der Waals surface area contributed by atoms with Gasteiger partial charge in [-0.2, -0.15) is 0 Å². The molecule has 21 heavy (non-hydrogen) atoms. The Balaban J connectivity index is -0.000000112. The van der Waals surface area contributed by atoms with Crippen LogP contribution in [0.2, 0.25) is 0 Å². The molecule has 0 aliphatic heterocycles. The average Bonchev–Trinajstić information content (AvgIpc) is 2.18. The molecule has 0 atom stereocenters.